The number of methoxy groups -OCH3 is 1. The highest BCUT2D eigenvalue weighted by Gasteiger charge is 2.27. The number of hydrogen-bond acceptors (Lipinski definition) is 7. The highest BCUT2D eigenvalue weighted by Crippen LogP contribution is 2.25. The van der Waals surface area contributed by atoms with E-state index in [-0.39, 0.29) is 11.9 Å². The van der Waals surface area contributed by atoms with Gasteiger partial charge in [0.05, 0.1) is 12.8 Å². The van der Waals surface area contributed by atoms with Gasteiger partial charge >= 0.3 is 0 Å². The standard InChI is InChI=1S/C17H23N5O3/c1-11-14(12(2)25-21-11)4-5-15(23)20-13-6-9-22(10-13)16-17(24-3)19-8-7-18-16/h7-8,13H,4-6,9-10H2,1-3H3,(H,20,23)/t13-/m1/s1. The molecule has 0 aliphatic carbocycles. The molecule has 2 aromatic rings. The molecular formula is C17H23N5O3. The Morgan fingerprint density at radius 3 is 2.92 bits per heavy atom. The van der Waals surface area contributed by atoms with Gasteiger partial charge in [0, 0.05) is 43.5 Å². The van der Waals surface area contributed by atoms with Crippen LogP contribution in [0.4, 0.5) is 5.82 Å². The molecule has 2 aromatic heterocycles. The molecule has 25 heavy (non-hydrogen) atoms. The van der Waals surface area contributed by atoms with Crippen LogP contribution in [0.25, 0.3) is 0 Å². The van der Waals surface area contributed by atoms with Crippen molar-refractivity contribution >= 4 is 11.7 Å². The Bertz CT molecular complexity index is 726. The van der Waals surface area contributed by atoms with Crippen LogP contribution in [0.1, 0.15) is 29.9 Å². The van der Waals surface area contributed by atoms with E-state index in [1.807, 2.05) is 13.8 Å². The number of carbonyl (C=O) groups is 1. The molecule has 3 heterocycles. The normalized spacial score (nSPS) is 16.9. The number of aromatic nitrogens is 3. The van der Waals surface area contributed by atoms with Gasteiger partial charge in [0.2, 0.25) is 5.91 Å². The number of ether oxygens (including phenoxy) is 1. The van der Waals surface area contributed by atoms with E-state index in [1.165, 1.54) is 0 Å². The van der Waals surface area contributed by atoms with Crippen LogP contribution >= 0.6 is 0 Å². The second-order valence-corrected chi connectivity index (χ2v) is 6.19. The third-order valence-electron chi connectivity index (χ3n) is 4.48. The van der Waals surface area contributed by atoms with Crippen molar-refractivity contribution in [1.82, 2.24) is 20.4 Å². The fourth-order valence-electron chi connectivity index (χ4n) is 3.15. The highest BCUT2D eigenvalue weighted by molar-refractivity contribution is 5.76. The highest BCUT2D eigenvalue weighted by atomic mass is 16.5. The first-order valence-corrected chi connectivity index (χ1v) is 8.39. The van der Waals surface area contributed by atoms with Crippen molar-refractivity contribution in [2.24, 2.45) is 0 Å². The third-order valence-corrected chi connectivity index (χ3v) is 4.48. The molecule has 1 atom stereocenters. The van der Waals surface area contributed by atoms with E-state index in [9.17, 15) is 4.79 Å². The van der Waals surface area contributed by atoms with E-state index in [0.717, 1.165) is 35.8 Å². The predicted octanol–water partition coefficient (Wildman–Crippen LogP) is 1.42. The fourth-order valence-corrected chi connectivity index (χ4v) is 3.15. The molecule has 1 fully saturated rings. The summed E-state index contributed by atoms with van der Waals surface area (Å²) in [7, 11) is 1.58. The zero-order chi connectivity index (χ0) is 17.8. The number of hydrogen-bond donors (Lipinski definition) is 1. The Balaban J connectivity index is 1.52. The number of nitrogens with zero attached hydrogens (tertiary/aromatic N) is 4. The van der Waals surface area contributed by atoms with E-state index >= 15 is 0 Å². The van der Waals surface area contributed by atoms with Crippen LogP contribution in [0.5, 0.6) is 5.88 Å². The minimum absolute atomic E-state index is 0.0398. The summed E-state index contributed by atoms with van der Waals surface area (Å²) in [5.74, 6) is 2.05. The van der Waals surface area contributed by atoms with E-state index in [0.29, 0.717) is 25.3 Å². The van der Waals surface area contributed by atoms with Gasteiger partial charge in [-0.05, 0) is 26.7 Å². The number of rotatable bonds is 6. The quantitative estimate of drug-likeness (QED) is 0.846. The molecule has 0 bridgehead atoms. The van der Waals surface area contributed by atoms with Crippen LogP contribution in [0.15, 0.2) is 16.9 Å². The first kappa shape index (κ1) is 17.2. The summed E-state index contributed by atoms with van der Waals surface area (Å²) in [5, 5.41) is 7.02. The lowest BCUT2D eigenvalue weighted by atomic mass is 10.1. The van der Waals surface area contributed by atoms with Crippen molar-refractivity contribution in [3.05, 3.63) is 29.4 Å². The van der Waals surface area contributed by atoms with Crippen molar-refractivity contribution < 1.29 is 14.1 Å². The molecule has 0 spiro atoms. The van der Waals surface area contributed by atoms with Crippen molar-refractivity contribution in [2.45, 2.75) is 39.2 Å². The molecule has 3 rings (SSSR count). The number of anilines is 1. The summed E-state index contributed by atoms with van der Waals surface area (Å²) in [6.07, 6.45) is 5.19. The maximum atomic E-state index is 12.2. The summed E-state index contributed by atoms with van der Waals surface area (Å²) in [6.45, 7) is 5.28. The zero-order valence-corrected chi connectivity index (χ0v) is 14.8. The Morgan fingerprint density at radius 2 is 2.20 bits per heavy atom. The van der Waals surface area contributed by atoms with Gasteiger partial charge in [-0.1, -0.05) is 5.16 Å². The van der Waals surface area contributed by atoms with Crippen LogP contribution in [-0.4, -0.2) is 47.3 Å². The Morgan fingerprint density at radius 1 is 1.40 bits per heavy atom. The Kier molecular flexibility index (Phi) is 5.16. The van der Waals surface area contributed by atoms with Crippen LogP contribution in [0, 0.1) is 13.8 Å². The van der Waals surface area contributed by atoms with Crippen molar-refractivity contribution in [2.75, 3.05) is 25.1 Å². The van der Waals surface area contributed by atoms with Gasteiger partial charge in [0.25, 0.3) is 5.88 Å². The predicted molar refractivity (Wildman–Crippen MR) is 91.6 cm³/mol. The minimum Gasteiger partial charge on any atom is -0.478 e. The molecule has 1 N–H and O–H groups in total. The number of amides is 1. The number of aryl methyl sites for hydroxylation is 2. The second-order valence-electron chi connectivity index (χ2n) is 6.19. The van der Waals surface area contributed by atoms with Crippen molar-refractivity contribution in [3.8, 4) is 5.88 Å². The minimum atomic E-state index is 0.0398. The molecule has 1 aliphatic rings. The lowest BCUT2D eigenvalue weighted by Gasteiger charge is -2.19. The second kappa shape index (κ2) is 7.50. The molecule has 134 valence electrons. The van der Waals surface area contributed by atoms with Crippen LogP contribution in [0.3, 0.4) is 0 Å². The van der Waals surface area contributed by atoms with Crippen LogP contribution < -0.4 is 15.0 Å². The summed E-state index contributed by atoms with van der Waals surface area (Å²) in [4.78, 5) is 22.9. The smallest absolute Gasteiger partial charge is 0.257 e. The van der Waals surface area contributed by atoms with E-state index in [2.05, 4.69) is 25.3 Å². The van der Waals surface area contributed by atoms with Gasteiger partial charge in [0.15, 0.2) is 5.82 Å². The van der Waals surface area contributed by atoms with E-state index < -0.39 is 0 Å². The Hall–Kier alpha value is -2.64. The maximum Gasteiger partial charge on any atom is 0.257 e. The molecule has 1 aliphatic heterocycles. The molecule has 1 amide bonds. The van der Waals surface area contributed by atoms with E-state index in [1.54, 1.807) is 19.5 Å². The van der Waals surface area contributed by atoms with Gasteiger partial charge in [-0.3, -0.25) is 4.79 Å². The fraction of sp³-hybridized carbons (Fsp3) is 0.529. The van der Waals surface area contributed by atoms with E-state index in [4.69, 9.17) is 9.26 Å². The summed E-state index contributed by atoms with van der Waals surface area (Å²) < 4.78 is 10.4. The first-order valence-electron chi connectivity index (χ1n) is 8.39. The monoisotopic (exact) mass is 345 g/mol. The van der Waals surface area contributed by atoms with Gasteiger partial charge in [-0.2, -0.15) is 0 Å². The average molecular weight is 345 g/mol. The van der Waals surface area contributed by atoms with Crippen molar-refractivity contribution in [1.29, 1.82) is 0 Å². The lowest BCUT2D eigenvalue weighted by Crippen LogP contribution is -2.37. The van der Waals surface area contributed by atoms with Gasteiger partial charge in [-0.15, -0.1) is 0 Å². The largest absolute Gasteiger partial charge is 0.478 e. The van der Waals surface area contributed by atoms with Gasteiger partial charge in [0.1, 0.15) is 5.76 Å². The topological polar surface area (TPSA) is 93.4 Å². The summed E-state index contributed by atoms with van der Waals surface area (Å²) >= 11 is 0. The molecule has 0 saturated carbocycles. The summed E-state index contributed by atoms with van der Waals surface area (Å²) in [5.41, 5.74) is 1.87. The van der Waals surface area contributed by atoms with Crippen LogP contribution in [-0.2, 0) is 11.2 Å². The third kappa shape index (κ3) is 3.89. The van der Waals surface area contributed by atoms with Crippen LogP contribution in [0.2, 0.25) is 0 Å². The van der Waals surface area contributed by atoms with Gasteiger partial charge in [-0.25, -0.2) is 9.97 Å². The Labute approximate surface area is 146 Å². The molecule has 8 heteroatoms. The number of carbonyl (C=O) groups excluding carboxylic acids is 1. The molecule has 0 aromatic carbocycles. The first-order chi connectivity index (χ1) is 12.1. The molecule has 1 saturated heterocycles. The maximum absolute atomic E-state index is 12.2. The lowest BCUT2D eigenvalue weighted by molar-refractivity contribution is -0.121. The van der Waals surface area contributed by atoms with Gasteiger partial charge < -0.3 is 19.5 Å². The zero-order valence-electron chi connectivity index (χ0n) is 14.8. The molecule has 0 radical (unpaired) electrons. The molecular weight excluding hydrogens is 322 g/mol. The molecule has 8 nitrogen and oxygen atoms in total. The van der Waals surface area contributed by atoms with Crippen molar-refractivity contribution in [3.63, 3.8) is 0 Å². The average Bonchev–Trinajstić information content (AvgIpc) is 3.20. The summed E-state index contributed by atoms with van der Waals surface area (Å²) in [6, 6.07) is 0.101. The SMILES string of the molecule is COc1nccnc1N1CC[C@@H](NC(=O)CCc2c(C)noc2C)C1. The molecule has 0 unspecified atom stereocenters. The number of nitrogens with one attached hydrogen (secondary N) is 1.